The minimum Gasteiger partial charge on any atom is -0.364 e. The average Bonchev–Trinajstić information content (AvgIpc) is 3.02. The lowest BCUT2D eigenvalue weighted by molar-refractivity contribution is 0.801. The molecule has 0 aromatic carbocycles. The zero-order valence-electron chi connectivity index (χ0n) is 10.1. The van der Waals surface area contributed by atoms with Crippen LogP contribution in [0.5, 0.6) is 0 Å². The molecule has 2 N–H and O–H groups in total. The first-order chi connectivity index (χ1) is 8.84. The number of aromatic amines is 2. The minimum absolute atomic E-state index is 0.0231. The van der Waals surface area contributed by atoms with Crippen LogP contribution in [-0.2, 0) is 0 Å². The fraction of sp³-hybridized carbons (Fsp3) is 0.143. The van der Waals surface area contributed by atoms with Gasteiger partial charge < -0.3 is 9.97 Å². The summed E-state index contributed by atoms with van der Waals surface area (Å²) in [6.45, 7) is 1.98. The molecule has 0 atom stereocenters. The van der Waals surface area contributed by atoms with Gasteiger partial charge in [0.2, 0.25) is 0 Å². The molecular weight excluding hydrogens is 224 g/mol. The Morgan fingerprint density at radius 1 is 1.00 bits per heavy atom. The van der Waals surface area contributed by atoms with E-state index < -0.39 is 0 Å². The van der Waals surface area contributed by atoms with E-state index >= 15 is 0 Å². The number of nitrogens with one attached hydrogen (secondary N) is 2. The molecule has 3 heterocycles. The third-order valence-corrected chi connectivity index (χ3v) is 2.94. The van der Waals surface area contributed by atoms with Crippen LogP contribution in [0.15, 0.2) is 48.9 Å². The van der Waals surface area contributed by atoms with Gasteiger partial charge in [-0.15, -0.1) is 0 Å². The molecular formula is C14H14N4. The number of rotatable bonds is 3. The van der Waals surface area contributed by atoms with Gasteiger partial charge in [-0.05, 0) is 37.3 Å². The first-order valence-electron chi connectivity index (χ1n) is 5.91. The number of aryl methyl sites for hydroxylation is 1. The summed E-state index contributed by atoms with van der Waals surface area (Å²) in [6, 6.07) is 9.99. The lowest BCUT2D eigenvalue weighted by atomic mass is 10.0. The highest BCUT2D eigenvalue weighted by Crippen LogP contribution is 2.27. The molecule has 4 heteroatoms. The van der Waals surface area contributed by atoms with E-state index in [4.69, 9.17) is 0 Å². The first-order valence-corrected chi connectivity index (χ1v) is 5.91. The van der Waals surface area contributed by atoms with Crippen LogP contribution in [0.4, 0.5) is 0 Å². The predicted molar refractivity (Wildman–Crippen MR) is 69.3 cm³/mol. The van der Waals surface area contributed by atoms with Crippen LogP contribution in [0.1, 0.15) is 28.8 Å². The fourth-order valence-electron chi connectivity index (χ4n) is 2.10. The van der Waals surface area contributed by atoms with Crippen molar-refractivity contribution in [1.82, 2.24) is 19.9 Å². The van der Waals surface area contributed by atoms with E-state index in [1.807, 2.05) is 37.5 Å². The number of hydrogen-bond acceptors (Lipinski definition) is 2. The largest absolute Gasteiger partial charge is 0.364 e. The quantitative estimate of drug-likeness (QED) is 0.737. The molecule has 0 spiro atoms. The van der Waals surface area contributed by atoms with Crippen LogP contribution >= 0.6 is 0 Å². The molecule has 4 nitrogen and oxygen atoms in total. The molecule has 90 valence electrons. The molecule has 0 radical (unpaired) electrons. The lowest BCUT2D eigenvalue weighted by Crippen LogP contribution is -2.09. The second kappa shape index (κ2) is 4.49. The van der Waals surface area contributed by atoms with Gasteiger partial charge in [0.25, 0.3) is 0 Å². The van der Waals surface area contributed by atoms with Gasteiger partial charge in [0.05, 0.1) is 5.92 Å². The maximum atomic E-state index is 4.53. The van der Waals surface area contributed by atoms with Crippen molar-refractivity contribution in [3.63, 3.8) is 0 Å². The second-order valence-corrected chi connectivity index (χ2v) is 4.24. The zero-order chi connectivity index (χ0) is 12.4. The molecule has 0 fully saturated rings. The Bertz CT molecular complexity index is 577. The summed E-state index contributed by atoms with van der Waals surface area (Å²) in [5.41, 5.74) is 3.15. The highest BCUT2D eigenvalue weighted by atomic mass is 14.9. The Balaban J connectivity index is 2.11. The molecule has 0 aliphatic carbocycles. The zero-order valence-corrected chi connectivity index (χ0v) is 10.1. The predicted octanol–water partition coefficient (Wildman–Crippen LogP) is 2.62. The molecule has 0 unspecified atom stereocenters. The summed E-state index contributed by atoms with van der Waals surface area (Å²) in [4.78, 5) is 15.4. The van der Waals surface area contributed by atoms with Crippen molar-refractivity contribution in [3.8, 4) is 0 Å². The van der Waals surface area contributed by atoms with E-state index in [9.17, 15) is 0 Å². The third kappa shape index (κ3) is 1.93. The second-order valence-electron chi connectivity index (χ2n) is 4.24. The van der Waals surface area contributed by atoms with Crippen molar-refractivity contribution in [1.29, 1.82) is 0 Å². The molecule has 0 aliphatic rings. The summed E-state index contributed by atoms with van der Waals surface area (Å²) in [6.07, 6.45) is 5.64. The SMILES string of the molecule is Cc1ccnc(C(c2ccc[nH]2)c2ccc[nH]2)n1. The van der Waals surface area contributed by atoms with Crippen molar-refractivity contribution in [2.75, 3.05) is 0 Å². The van der Waals surface area contributed by atoms with E-state index in [1.165, 1.54) is 0 Å². The Morgan fingerprint density at radius 3 is 2.17 bits per heavy atom. The Hall–Kier alpha value is -2.36. The van der Waals surface area contributed by atoms with Gasteiger partial charge in [-0.1, -0.05) is 0 Å². The standard InChI is InChI=1S/C14H14N4/c1-10-6-9-17-14(18-10)13(11-4-2-7-15-11)12-5-3-8-16-12/h2-9,13,15-16H,1H3. The molecule has 18 heavy (non-hydrogen) atoms. The number of hydrogen-bond donors (Lipinski definition) is 2. The van der Waals surface area contributed by atoms with E-state index in [-0.39, 0.29) is 5.92 Å². The maximum Gasteiger partial charge on any atom is 0.143 e. The third-order valence-electron chi connectivity index (χ3n) is 2.94. The van der Waals surface area contributed by atoms with Crippen molar-refractivity contribution in [2.45, 2.75) is 12.8 Å². The molecule has 3 aromatic heterocycles. The topological polar surface area (TPSA) is 57.4 Å². The summed E-state index contributed by atoms with van der Waals surface area (Å²) >= 11 is 0. The van der Waals surface area contributed by atoms with Gasteiger partial charge in [-0.25, -0.2) is 9.97 Å². The molecule has 0 aliphatic heterocycles. The van der Waals surface area contributed by atoms with Gasteiger partial charge in [-0.3, -0.25) is 0 Å². The van der Waals surface area contributed by atoms with E-state index in [2.05, 4.69) is 32.1 Å². The lowest BCUT2D eigenvalue weighted by Gasteiger charge is -2.13. The molecule has 3 aromatic rings. The summed E-state index contributed by atoms with van der Waals surface area (Å²) in [5.74, 6) is 0.829. The number of nitrogens with zero attached hydrogens (tertiary/aromatic N) is 2. The Kier molecular flexibility index (Phi) is 2.68. The first kappa shape index (κ1) is 10.8. The van der Waals surface area contributed by atoms with Crippen LogP contribution in [0.2, 0.25) is 0 Å². The van der Waals surface area contributed by atoms with Gasteiger partial charge >= 0.3 is 0 Å². The van der Waals surface area contributed by atoms with E-state index in [1.54, 1.807) is 6.20 Å². The fourth-order valence-corrected chi connectivity index (χ4v) is 2.10. The van der Waals surface area contributed by atoms with Crippen molar-refractivity contribution >= 4 is 0 Å². The van der Waals surface area contributed by atoms with Crippen LogP contribution in [-0.4, -0.2) is 19.9 Å². The van der Waals surface area contributed by atoms with Crippen LogP contribution in [0.25, 0.3) is 0 Å². The highest BCUT2D eigenvalue weighted by Gasteiger charge is 2.21. The van der Waals surface area contributed by atoms with E-state index in [0.717, 1.165) is 22.9 Å². The number of H-pyrrole nitrogens is 2. The van der Waals surface area contributed by atoms with Gasteiger partial charge in [0.15, 0.2) is 0 Å². The van der Waals surface area contributed by atoms with E-state index in [0.29, 0.717) is 0 Å². The van der Waals surface area contributed by atoms with Gasteiger partial charge in [0, 0.05) is 35.7 Å². The highest BCUT2D eigenvalue weighted by molar-refractivity contribution is 5.31. The Morgan fingerprint density at radius 2 is 1.67 bits per heavy atom. The molecule has 0 saturated carbocycles. The van der Waals surface area contributed by atoms with Gasteiger partial charge in [0.1, 0.15) is 5.82 Å². The van der Waals surface area contributed by atoms with Crippen LogP contribution in [0.3, 0.4) is 0 Å². The molecule has 0 amide bonds. The summed E-state index contributed by atoms with van der Waals surface area (Å²) in [5, 5.41) is 0. The van der Waals surface area contributed by atoms with Crippen LogP contribution < -0.4 is 0 Å². The van der Waals surface area contributed by atoms with Crippen molar-refractivity contribution in [2.24, 2.45) is 0 Å². The Labute approximate surface area is 105 Å². The smallest absolute Gasteiger partial charge is 0.143 e. The minimum atomic E-state index is 0.0231. The monoisotopic (exact) mass is 238 g/mol. The molecule has 3 rings (SSSR count). The van der Waals surface area contributed by atoms with Crippen molar-refractivity contribution in [3.05, 3.63) is 71.8 Å². The normalized spacial score (nSPS) is 11.0. The maximum absolute atomic E-state index is 4.53. The number of aromatic nitrogens is 4. The average molecular weight is 238 g/mol. The van der Waals surface area contributed by atoms with Crippen LogP contribution in [0, 0.1) is 6.92 Å². The summed E-state index contributed by atoms with van der Waals surface area (Å²) < 4.78 is 0. The van der Waals surface area contributed by atoms with Gasteiger partial charge in [-0.2, -0.15) is 0 Å². The summed E-state index contributed by atoms with van der Waals surface area (Å²) in [7, 11) is 0. The molecule has 0 saturated heterocycles. The van der Waals surface area contributed by atoms with Crippen molar-refractivity contribution < 1.29 is 0 Å². The molecule has 0 bridgehead atoms.